The molecule has 0 bridgehead atoms. The third kappa shape index (κ3) is 2.99. The summed E-state index contributed by atoms with van der Waals surface area (Å²) < 4.78 is 2.12. The van der Waals surface area contributed by atoms with Crippen molar-refractivity contribution in [2.24, 2.45) is 0 Å². The van der Waals surface area contributed by atoms with Crippen LogP contribution in [-0.4, -0.2) is 27.5 Å². The van der Waals surface area contributed by atoms with E-state index in [-0.39, 0.29) is 0 Å². The molecule has 2 aromatic heterocycles. The van der Waals surface area contributed by atoms with Crippen LogP contribution in [0.1, 0.15) is 25.0 Å². The highest BCUT2D eigenvalue weighted by Crippen LogP contribution is 2.29. The minimum absolute atomic E-state index is 0.827. The van der Waals surface area contributed by atoms with E-state index < -0.39 is 0 Å². The van der Waals surface area contributed by atoms with Crippen LogP contribution in [-0.2, 0) is 0 Å². The van der Waals surface area contributed by atoms with E-state index in [1.165, 1.54) is 16.8 Å². The van der Waals surface area contributed by atoms with Crippen molar-refractivity contribution < 1.29 is 0 Å². The number of nitrogens with one attached hydrogen (secondary N) is 1. The highest BCUT2D eigenvalue weighted by molar-refractivity contribution is 5.88. The largest absolute Gasteiger partial charge is 0.372 e. The fourth-order valence-corrected chi connectivity index (χ4v) is 3.65. The molecule has 0 amide bonds. The molecular weight excluding hydrogens is 334 g/mol. The summed E-state index contributed by atoms with van der Waals surface area (Å²) in [5.41, 5.74) is 7.70. The van der Waals surface area contributed by atoms with Crippen LogP contribution in [0.4, 0.5) is 17.2 Å². The lowest BCUT2D eigenvalue weighted by atomic mass is 10.1. The van der Waals surface area contributed by atoms with Crippen LogP contribution >= 0.6 is 0 Å². The molecule has 0 radical (unpaired) electrons. The monoisotopic (exact) mass is 359 g/mol. The van der Waals surface area contributed by atoms with Gasteiger partial charge in [-0.05, 0) is 57.0 Å². The Morgan fingerprint density at radius 3 is 2.44 bits per heavy atom. The average Bonchev–Trinajstić information content (AvgIpc) is 3.16. The van der Waals surface area contributed by atoms with Crippen molar-refractivity contribution in [3.63, 3.8) is 0 Å². The molecule has 0 aliphatic rings. The van der Waals surface area contributed by atoms with E-state index in [0.29, 0.717) is 0 Å². The Balaban J connectivity index is 1.88. The van der Waals surface area contributed by atoms with Crippen molar-refractivity contribution in [2.45, 2.75) is 27.7 Å². The highest BCUT2D eigenvalue weighted by atomic mass is 15.1. The van der Waals surface area contributed by atoms with E-state index in [0.717, 1.165) is 41.1 Å². The number of fused-ring (bicyclic) bond motifs is 3. The van der Waals surface area contributed by atoms with Gasteiger partial charge in [0.1, 0.15) is 5.52 Å². The van der Waals surface area contributed by atoms with Gasteiger partial charge in [-0.25, -0.2) is 9.97 Å². The van der Waals surface area contributed by atoms with E-state index in [4.69, 9.17) is 4.98 Å². The van der Waals surface area contributed by atoms with Gasteiger partial charge in [0.2, 0.25) is 0 Å². The molecule has 2 heterocycles. The standard InChI is InChI=1S/C22H25N5/c1-5-26(6-2)17-10-11-18-19(12-17)27-14-23-13-20(27)22(24-18)25-21-15(3)8-7-9-16(21)4/h7-14H,5-6H2,1-4H3,(H,24,25). The van der Waals surface area contributed by atoms with E-state index in [2.05, 4.69) is 83.7 Å². The first kappa shape index (κ1) is 17.3. The second-order valence-corrected chi connectivity index (χ2v) is 6.85. The second kappa shape index (κ2) is 6.91. The number of benzene rings is 2. The molecule has 2 aromatic carbocycles. The van der Waals surface area contributed by atoms with Gasteiger partial charge in [0, 0.05) is 24.5 Å². The Morgan fingerprint density at radius 2 is 1.74 bits per heavy atom. The summed E-state index contributed by atoms with van der Waals surface area (Å²) >= 11 is 0. The number of aryl methyl sites for hydroxylation is 2. The first-order valence-corrected chi connectivity index (χ1v) is 9.46. The van der Waals surface area contributed by atoms with Gasteiger partial charge in [0.15, 0.2) is 5.82 Å². The molecule has 5 heteroatoms. The first-order chi connectivity index (χ1) is 13.1. The summed E-state index contributed by atoms with van der Waals surface area (Å²) in [5, 5.41) is 3.54. The van der Waals surface area contributed by atoms with Gasteiger partial charge >= 0.3 is 0 Å². The smallest absolute Gasteiger partial charge is 0.157 e. The third-order valence-electron chi connectivity index (χ3n) is 5.19. The van der Waals surface area contributed by atoms with Crippen LogP contribution in [0.15, 0.2) is 48.9 Å². The van der Waals surface area contributed by atoms with Crippen molar-refractivity contribution in [2.75, 3.05) is 23.3 Å². The van der Waals surface area contributed by atoms with E-state index in [1.54, 1.807) is 0 Å². The van der Waals surface area contributed by atoms with E-state index >= 15 is 0 Å². The number of imidazole rings is 1. The molecule has 0 spiro atoms. The van der Waals surface area contributed by atoms with Crippen LogP contribution in [0, 0.1) is 13.8 Å². The third-order valence-corrected chi connectivity index (χ3v) is 5.19. The van der Waals surface area contributed by atoms with Crippen molar-refractivity contribution in [3.05, 3.63) is 60.0 Å². The number of para-hydroxylation sites is 1. The molecule has 138 valence electrons. The molecule has 5 nitrogen and oxygen atoms in total. The maximum Gasteiger partial charge on any atom is 0.157 e. The van der Waals surface area contributed by atoms with Gasteiger partial charge < -0.3 is 10.2 Å². The molecule has 4 rings (SSSR count). The molecule has 1 N–H and O–H groups in total. The highest BCUT2D eigenvalue weighted by Gasteiger charge is 2.13. The Hall–Kier alpha value is -3.08. The van der Waals surface area contributed by atoms with Crippen LogP contribution in [0.25, 0.3) is 16.6 Å². The Kier molecular flexibility index (Phi) is 4.44. The van der Waals surface area contributed by atoms with Gasteiger partial charge in [0.05, 0.1) is 23.6 Å². The molecule has 0 unspecified atom stereocenters. The zero-order valence-corrected chi connectivity index (χ0v) is 16.3. The number of hydrogen-bond donors (Lipinski definition) is 1. The maximum absolute atomic E-state index is 4.91. The minimum atomic E-state index is 0.827. The average molecular weight is 359 g/mol. The van der Waals surface area contributed by atoms with Crippen molar-refractivity contribution in [1.82, 2.24) is 14.4 Å². The second-order valence-electron chi connectivity index (χ2n) is 6.85. The minimum Gasteiger partial charge on any atom is -0.372 e. The summed E-state index contributed by atoms with van der Waals surface area (Å²) in [7, 11) is 0. The summed E-state index contributed by atoms with van der Waals surface area (Å²) in [6.07, 6.45) is 3.73. The number of aromatic nitrogens is 3. The number of nitrogens with zero attached hydrogens (tertiary/aromatic N) is 4. The zero-order valence-electron chi connectivity index (χ0n) is 16.3. The lowest BCUT2D eigenvalue weighted by Crippen LogP contribution is -2.21. The molecule has 0 aliphatic heterocycles. The van der Waals surface area contributed by atoms with Gasteiger partial charge in [-0.2, -0.15) is 0 Å². The van der Waals surface area contributed by atoms with Crippen molar-refractivity contribution in [1.29, 1.82) is 0 Å². The molecule has 4 aromatic rings. The molecule has 0 fully saturated rings. The number of hydrogen-bond acceptors (Lipinski definition) is 4. The van der Waals surface area contributed by atoms with E-state index in [1.807, 2.05) is 12.5 Å². The molecule has 0 aliphatic carbocycles. The summed E-state index contributed by atoms with van der Waals surface area (Å²) in [6.45, 7) is 10.5. The number of anilines is 3. The van der Waals surface area contributed by atoms with Gasteiger partial charge in [-0.1, -0.05) is 18.2 Å². The van der Waals surface area contributed by atoms with Gasteiger partial charge in [0.25, 0.3) is 0 Å². The quantitative estimate of drug-likeness (QED) is 0.539. The Bertz CT molecular complexity index is 1090. The van der Waals surface area contributed by atoms with E-state index in [9.17, 15) is 0 Å². The lowest BCUT2D eigenvalue weighted by molar-refractivity contribution is 0.867. The predicted octanol–water partition coefficient (Wildman–Crippen LogP) is 5.09. The Labute approximate surface area is 159 Å². The molecule has 0 atom stereocenters. The first-order valence-electron chi connectivity index (χ1n) is 9.46. The van der Waals surface area contributed by atoms with Crippen molar-refractivity contribution in [3.8, 4) is 0 Å². The fraction of sp³-hybridized carbons (Fsp3) is 0.273. The van der Waals surface area contributed by atoms with Gasteiger partial charge in [-0.15, -0.1) is 0 Å². The molecule has 0 saturated heterocycles. The summed E-state index contributed by atoms with van der Waals surface area (Å²) in [5.74, 6) is 0.827. The van der Waals surface area contributed by atoms with Crippen molar-refractivity contribution >= 4 is 33.7 Å². The molecule has 27 heavy (non-hydrogen) atoms. The van der Waals surface area contributed by atoms with Crippen LogP contribution in [0.2, 0.25) is 0 Å². The van der Waals surface area contributed by atoms with Crippen LogP contribution < -0.4 is 10.2 Å². The Morgan fingerprint density at radius 1 is 1.00 bits per heavy atom. The summed E-state index contributed by atoms with van der Waals surface area (Å²) in [4.78, 5) is 11.6. The number of rotatable bonds is 5. The lowest BCUT2D eigenvalue weighted by Gasteiger charge is -2.21. The maximum atomic E-state index is 4.91. The molecular formula is C22H25N5. The summed E-state index contributed by atoms with van der Waals surface area (Å²) in [6, 6.07) is 12.7. The topological polar surface area (TPSA) is 45.5 Å². The normalized spacial score (nSPS) is 11.3. The van der Waals surface area contributed by atoms with Gasteiger partial charge in [-0.3, -0.25) is 4.40 Å². The zero-order chi connectivity index (χ0) is 19.0. The fourth-order valence-electron chi connectivity index (χ4n) is 3.65. The molecule has 0 saturated carbocycles. The predicted molar refractivity (Wildman–Crippen MR) is 113 cm³/mol. The van der Waals surface area contributed by atoms with Crippen LogP contribution in [0.3, 0.4) is 0 Å². The van der Waals surface area contributed by atoms with Crippen LogP contribution in [0.5, 0.6) is 0 Å². The SMILES string of the molecule is CCN(CC)c1ccc2nc(Nc3c(C)cccc3C)c3cncn3c2c1.